The molecule has 16 heavy (non-hydrogen) atoms. The maximum atomic E-state index is 10.6. The second-order valence-electron chi connectivity index (χ2n) is 4.85. The lowest BCUT2D eigenvalue weighted by Crippen LogP contribution is -2.43. The van der Waals surface area contributed by atoms with Crippen LogP contribution in [0.15, 0.2) is 0 Å². The molecule has 1 N–H and O–H groups in total. The normalized spacial score (nSPS) is 12.1. The Balaban J connectivity index is 3.97. The molecule has 0 aliphatic heterocycles. The molecule has 0 aromatic carbocycles. The minimum atomic E-state index is -0.711. The predicted octanol–water partition coefficient (Wildman–Crippen LogP) is 2.70. The van der Waals surface area contributed by atoms with Crippen molar-refractivity contribution in [1.82, 2.24) is 4.90 Å². The zero-order chi connectivity index (χ0) is 12.6. The van der Waals surface area contributed by atoms with E-state index in [2.05, 4.69) is 32.6 Å². The number of nitrogens with zero attached hydrogens (tertiary/aromatic N) is 1. The van der Waals surface area contributed by atoms with Gasteiger partial charge in [-0.15, -0.1) is 0 Å². The third-order valence-electron chi connectivity index (χ3n) is 2.47. The van der Waals surface area contributed by atoms with Gasteiger partial charge >= 0.3 is 5.97 Å². The Hall–Kier alpha value is -0.220. The summed E-state index contributed by atoms with van der Waals surface area (Å²) < 4.78 is 0. The van der Waals surface area contributed by atoms with Crippen LogP contribution in [0.1, 0.15) is 40.5 Å². The second-order valence-corrected chi connectivity index (χ2v) is 6.25. The van der Waals surface area contributed by atoms with Crippen molar-refractivity contribution in [2.75, 3.05) is 24.6 Å². The molecule has 0 rings (SSSR count). The fourth-order valence-electron chi connectivity index (χ4n) is 1.52. The summed E-state index contributed by atoms with van der Waals surface area (Å²) >= 11 is 1.94. The lowest BCUT2D eigenvalue weighted by molar-refractivity contribution is -0.137. The van der Waals surface area contributed by atoms with Crippen LogP contribution >= 0.6 is 11.8 Å². The molecule has 0 atom stereocenters. The van der Waals surface area contributed by atoms with E-state index in [1.165, 1.54) is 0 Å². The van der Waals surface area contributed by atoms with E-state index in [9.17, 15) is 4.79 Å². The molecule has 0 saturated carbocycles. The molecule has 0 aliphatic carbocycles. The van der Waals surface area contributed by atoms with Gasteiger partial charge < -0.3 is 5.11 Å². The van der Waals surface area contributed by atoms with Gasteiger partial charge in [0.2, 0.25) is 0 Å². The van der Waals surface area contributed by atoms with Gasteiger partial charge in [0.1, 0.15) is 0 Å². The zero-order valence-electron chi connectivity index (χ0n) is 11.0. The highest BCUT2D eigenvalue weighted by atomic mass is 32.2. The van der Waals surface area contributed by atoms with Crippen LogP contribution in [0.25, 0.3) is 0 Å². The molecule has 0 saturated heterocycles. The third-order valence-corrected chi connectivity index (χ3v) is 3.45. The topological polar surface area (TPSA) is 40.5 Å². The molecule has 0 spiro atoms. The van der Waals surface area contributed by atoms with Crippen molar-refractivity contribution in [3.8, 4) is 0 Å². The van der Waals surface area contributed by atoms with Gasteiger partial charge in [-0.05, 0) is 45.2 Å². The van der Waals surface area contributed by atoms with Crippen LogP contribution in [-0.2, 0) is 4.79 Å². The number of hydrogen-bond donors (Lipinski definition) is 1. The van der Waals surface area contributed by atoms with E-state index in [0.29, 0.717) is 6.54 Å². The summed E-state index contributed by atoms with van der Waals surface area (Å²) in [7, 11) is 0. The Morgan fingerprint density at radius 1 is 1.31 bits per heavy atom. The van der Waals surface area contributed by atoms with Crippen molar-refractivity contribution in [3.63, 3.8) is 0 Å². The molecule has 0 aromatic heterocycles. The molecule has 0 aliphatic rings. The van der Waals surface area contributed by atoms with Gasteiger partial charge in [0.15, 0.2) is 0 Å². The summed E-state index contributed by atoms with van der Waals surface area (Å²) in [6, 6.07) is 0. The third kappa shape index (κ3) is 7.99. The molecule has 0 bridgehead atoms. The second kappa shape index (κ2) is 7.96. The minimum absolute atomic E-state index is 0.0618. The molecule has 0 heterocycles. The van der Waals surface area contributed by atoms with Gasteiger partial charge in [-0.2, -0.15) is 11.8 Å². The first-order valence-corrected chi connectivity index (χ1v) is 7.08. The van der Waals surface area contributed by atoms with Crippen molar-refractivity contribution >= 4 is 17.7 Å². The van der Waals surface area contributed by atoms with Gasteiger partial charge in [0.25, 0.3) is 0 Å². The predicted molar refractivity (Wildman–Crippen MR) is 71.2 cm³/mol. The lowest BCUT2D eigenvalue weighted by Gasteiger charge is -2.35. The van der Waals surface area contributed by atoms with Gasteiger partial charge in [-0.25, -0.2) is 0 Å². The van der Waals surface area contributed by atoms with Crippen molar-refractivity contribution in [1.29, 1.82) is 0 Å². The Bertz CT molecular complexity index is 202. The first-order valence-electron chi connectivity index (χ1n) is 5.92. The van der Waals surface area contributed by atoms with Crippen LogP contribution in [0.2, 0.25) is 0 Å². The van der Waals surface area contributed by atoms with Gasteiger partial charge in [0, 0.05) is 12.1 Å². The van der Waals surface area contributed by atoms with Crippen LogP contribution in [-0.4, -0.2) is 46.1 Å². The van der Waals surface area contributed by atoms with Crippen LogP contribution in [0.3, 0.4) is 0 Å². The molecule has 0 fully saturated rings. The smallest absolute Gasteiger partial charge is 0.304 e. The summed E-state index contributed by atoms with van der Waals surface area (Å²) in [5.41, 5.74) is 0.0618. The van der Waals surface area contributed by atoms with E-state index < -0.39 is 5.97 Å². The van der Waals surface area contributed by atoms with Crippen LogP contribution in [0.5, 0.6) is 0 Å². The Kier molecular flexibility index (Phi) is 7.85. The summed E-state index contributed by atoms with van der Waals surface area (Å²) in [5, 5.41) is 8.71. The summed E-state index contributed by atoms with van der Waals surface area (Å²) in [6.07, 6.45) is 1.37. The molecule has 4 heteroatoms. The number of carbonyl (C=O) groups is 1. The summed E-state index contributed by atoms with van der Waals surface area (Å²) in [6.45, 7) is 10.2. The highest BCUT2D eigenvalue weighted by Crippen LogP contribution is 2.15. The fourth-order valence-corrected chi connectivity index (χ4v) is 2.14. The van der Waals surface area contributed by atoms with E-state index >= 15 is 0 Å². The number of carboxylic acid groups (broad SMARTS) is 1. The standard InChI is InChI=1S/C12H25NO2S/c1-5-16-10-6-8-13(12(2,3)4)9-7-11(14)15/h5-10H2,1-4H3,(H,14,15). The van der Waals surface area contributed by atoms with Crippen molar-refractivity contribution < 1.29 is 9.90 Å². The van der Waals surface area contributed by atoms with E-state index in [-0.39, 0.29) is 12.0 Å². The van der Waals surface area contributed by atoms with Crippen LogP contribution in [0, 0.1) is 0 Å². The van der Waals surface area contributed by atoms with Crippen LogP contribution < -0.4 is 0 Å². The van der Waals surface area contributed by atoms with E-state index in [0.717, 1.165) is 24.5 Å². The molecule has 3 nitrogen and oxygen atoms in total. The zero-order valence-corrected chi connectivity index (χ0v) is 11.8. The monoisotopic (exact) mass is 247 g/mol. The first-order chi connectivity index (χ1) is 7.38. The number of aliphatic carboxylic acids is 1. The quantitative estimate of drug-likeness (QED) is 0.670. The summed E-state index contributed by atoms with van der Waals surface area (Å²) in [5.74, 6) is 1.61. The first kappa shape index (κ1) is 15.8. The molecule has 96 valence electrons. The maximum absolute atomic E-state index is 10.6. The van der Waals surface area contributed by atoms with E-state index in [1.807, 2.05) is 11.8 Å². The molecular formula is C12H25NO2S. The molecular weight excluding hydrogens is 222 g/mol. The average Bonchev–Trinajstić information content (AvgIpc) is 2.14. The molecule has 0 unspecified atom stereocenters. The molecule has 0 amide bonds. The van der Waals surface area contributed by atoms with Gasteiger partial charge in [-0.3, -0.25) is 9.69 Å². The Morgan fingerprint density at radius 2 is 1.94 bits per heavy atom. The number of thioether (sulfide) groups is 1. The summed E-state index contributed by atoms with van der Waals surface area (Å²) in [4.78, 5) is 12.8. The SMILES string of the molecule is CCSCCCN(CCC(=O)O)C(C)(C)C. The maximum Gasteiger partial charge on any atom is 0.304 e. The molecule has 0 aromatic rings. The lowest BCUT2D eigenvalue weighted by atomic mass is 10.1. The number of hydrogen-bond acceptors (Lipinski definition) is 3. The largest absolute Gasteiger partial charge is 0.481 e. The van der Waals surface area contributed by atoms with Crippen LogP contribution in [0.4, 0.5) is 0 Å². The van der Waals surface area contributed by atoms with E-state index in [4.69, 9.17) is 5.11 Å². The fraction of sp³-hybridized carbons (Fsp3) is 0.917. The van der Waals surface area contributed by atoms with Crippen molar-refractivity contribution in [2.24, 2.45) is 0 Å². The highest BCUT2D eigenvalue weighted by molar-refractivity contribution is 7.99. The Morgan fingerprint density at radius 3 is 2.38 bits per heavy atom. The number of carboxylic acids is 1. The molecule has 0 radical (unpaired) electrons. The average molecular weight is 247 g/mol. The van der Waals surface area contributed by atoms with Crippen molar-refractivity contribution in [3.05, 3.63) is 0 Å². The minimum Gasteiger partial charge on any atom is -0.481 e. The van der Waals surface area contributed by atoms with E-state index in [1.54, 1.807) is 0 Å². The highest BCUT2D eigenvalue weighted by Gasteiger charge is 2.20. The van der Waals surface area contributed by atoms with Gasteiger partial charge in [-0.1, -0.05) is 6.92 Å². The Labute approximate surface area is 104 Å². The number of rotatable bonds is 8. The van der Waals surface area contributed by atoms with Crippen molar-refractivity contribution in [2.45, 2.75) is 46.1 Å². The van der Waals surface area contributed by atoms with Gasteiger partial charge in [0.05, 0.1) is 6.42 Å².